The smallest absolute Gasteiger partial charge is 0.338 e. The van der Waals surface area contributed by atoms with Crippen LogP contribution < -0.4 is 20.7 Å². The lowest BCUT2D eigenvalue weighted by atomic mass is 9.85. The Morgan fingerprint density at radius 3 is 2.31 bits per heavy atom. The van der Waals surface area contributed by atoms with Gasteiger partial charge in [0.15, 0.2) is 0 Å². The van der Waals surface area contributed by atoms with E-state index in [0.29, 0.717) is 51.4 Å². The molecule has 1 atom stereocenters. The molecule has 4 rings (SSSR count). The van der Waals surface area contributed by atoms with Gasteiger partial charge in [-0.2, -0.15) is 5.26 Å². The van der Waals surface area contributed by atoms with Crippen LogP contribution in [0.15, 0.2) is 93.2 Å². The highest BCUT2D eigenvalue weighted by Gasteiger charge is 2.36. The van der Waals surface area contributed by atoms with Crippen LogP contribution in [0.3, 0.4) is 0 Å². The topological polar surface area (TPSA) is 143 Å². The number of furan rings is 1. The molecule has 11 heteroatoms. The maximum absolute atomic E-state index is 13.6. The summed E-state index contributed by atoms with van der Waals surface area (Å²) in [6.07, 6.45) is 1.47. The summed E-state index contributed by atoms with van der Waals surface area (Å²) in [6.45, 7) is 6.15. The highest BCUT2D eigenvalue weighted by atomic mass is 32.2. The minimum atomic E-state index is -0.804. The van der Waals surface area contributed by atoms with Crippen molar-refractivity contribution in [2.24, 2.45) is 0 Å². The van der Waals surface area contributed by atoms with Crippen molar-refractivity contribution in [3.8, 4) is 11.8 Å². The Morgan fingerprint density at radius 2 is 1.69 bits per heavy atom. The second-order valence-electron chi connectivity index (χ2n) is 9.01. The molecule has 0 saturated carbocycles. The quantitative estimate of drug-likeness (QED) is 0.246. The van der Waals surface area contributed by atoms with Crippen LogP contribution in [0.5, 0.6) is 5.75 Å². The third-order valence-electron chi connectivity index (χ3n) is 6.17. The van der Waals surface area contributed by atoms with Gasteiger partial charge in [-0.1, -0.05) is 11.8 Å². The fourth-order valence-electron chi connectivity index (χ4n) is 4.31. The van der Waals surface area contributed by atoms with Crippen molar-refractivity contribution in [3.05, 3.63) is 100 Å². The average Bonchev–Trinajstić information content (AvgIpc) is 3.52. The number of anilines is 2. The summed E-state index contributed by atoms with van der Waals surface area (Å²) in [6, 6.07) is 19.0. The summed E-state index contributed by atoms with van der Waals surface area (Å²) >= 11 is 1.16. The maximum Gasteiger partial charge on any atom is 0.338 e. The standard InChI is InChI=1S/C31H30N4O6S/c1-4-39-23-14-12-21(13-15-23)34-26(36)18-42-30-24(17-32)28(25-7-6-16-41-25)27(19(3)33-30)29(37)35-22-10-8-20(9-11-22)31(38)40-5-2/h6-16,28,33H,4-5,18H2,1-3H3,(H,34,36)(H,35,37). The van der Waals surface area contributed by atoms with E-state index in [-0.39, 0.29) is 23.8 Å². The molecule has 2 heterocycles. The highest BCUT2D eigenvalue weighted by molar-refractivity contribution is 8.03. The molecule has 0 bridgehead atoms. The van der Waals surface area contributed by atoms with E-state index in [1.165, 1.54) is 6.26 Å². The lowest BCUT2D eigenvalue weighted by Gasteiger charge is -2.28. The molecule has 216 valence electrons. The average molecular weight is 587 g/mol. The molecule has 42 heavy (non-hydrogen) atoms. The summed E-state index contributed by atoms with van der Waals surface area (Å²) in [5.74, 6) is -0.830. The van der Waals surface area contributed by atoms with Crippen LogP contribution in [-0.2, 0) is 14.3 Å². The molecule has 0 saturated heterocycles. The van der Waals surface area contributed by atoms with Crippen LogP contribution in [0.25, 0.3) is 0 Å². The number of allylic oxidation sites excluding steroid dienone is 2. The first-order valence-corrected chi connectivity index (χ1v) is 14.2. The third-order valence-corrected chi connectivity index (χ3v) is 7.19. The molecule has 0 spiro atoms. The monoisotopic (exact) mass is 586 g/mol. The van der Waals surface area contributed by atoms with Gasteiger partial charge in [0.05, 0.1) is 59.0 Å². The predicted molar refractivity (Wildman–Crippen MR) is 160 cm³/mol. The van der Waals surface area contributed by atoms with Gasteiger partial charge in [-0.25, -0.2) is 4.79 Å². The molecule has 1 unspecified atom stereocenters. The summed E-state index contributed by atoms with van der Waals surface area (Å²) in [5.41, 5.74) is 2.48. The van der Waals surface area contributed by atoms with Gasteiger partial charge in [-0.15, -0.1) is 0 Å². The molecule has 2 aromatic carbocycles. The molecular weight excluding hydrogens is 556 g/mol. The van der Waals surface area contributed by atoms with Crippen molar-refractivity contribution in [3.63, 3.8) is 0 Å². The van der Waals surface area contributed by atoms with Gasteiger partial charge in [-0.05, 0) is 81.4 Å². The number of hydrogen-bond donors (Lipinski definition) is 3. The van der Waals surface area contributed by atoms with Crippen LogP contribution in [0.2, 0.25) is 0 Å². The van der Waals surface area contributed by atoms with Crippen LogP contribution in [0.1, 0.15) is 42.8 Å². The summed E-state index contributed by atoms with van der Waals surface area (Å²) in [5, 5.41) is 19.5. The van der Waals surface area contributed by atoms with Gasteiger partial charge >= 0.3 is 5.97 Å². The second-order valence-corrected chi connectivity index (χ2v) is 10.00. The first-order chi connectivity index (χ1) is 20.3. The van der Waals surface area contributed by atoms with Gasteiger partial charge in [-0.3, -0.25) is 9.59 Å². The molecule has 3 N–H and O–H groups in total. The first-order valence-electron chi connectivity index (χ1n) is 13.2. The van der Waals surface area contributed by atoms with Crippen LogP contribution in [-0.4, -0.2) is 36.8 Å². The minimum Gasteiger partial charge on any atom is -0.494 e. The molecule has 0 radical (unpaired) electrons. The Hall–Kier alpha value is -4.95. The number of carbonyl (C=O) groups excluding carboxylic acids is 3. The van der Waals surface area contributed by atoms with Crippen molar-refractivity contribution < 1.29 is 28.3 Å². The molecule has 10 nitrogen and oxygen atoms in total. The van der Waals surface area contributed by atoms with Crippen molar-refractivity contribution in [2.45, 2.75) is 26.7 Å². The lowest BCUT2D eigenvalue weighted by molar-refractivity contribution is -0.114. The molecule has 0 fully saturated rings. The number of hydrogen-bond acceptors (Lipinski definition) is 9. The molecule has 3 aromatic rings. The zero-order valence-corrected chi connectivity index (χ0v) is 24.2. The number of carbonyl (C=O) groups is 3. The number of rotatable bonds is 11. The molecular formula is C31H30N4O6S. The van der Waals surface area contributed by atoms with Crippen molar-refractivity contribution >= 4 is 40.9 Å². The number of esters is 1. The van der Waals surface area contributed by atoms with Gasteiger partial charge in [0.1, 0.15) is 11.5 Å². The fourth-order valence-corrected chi connectivity index (χ4v) is 5.20. The van der Waals surface area contributed by atoms with E-state index in [1.54, 1.807) is 74.5 Å². The maximum atomic E-state index is 13.6. The molecule has 1 aliphatic rings. The van der Waals surface area contributed by atoms with E-state index >= 15 is 0 Å². The zero-order valence-electron chi connectivity index (χ0n) is 23.4. The fraction of sp³-hybridized carbons (Fsp3) is 0.226. The number of dihydropyridines is 1. The number of benzene rings is 2. The Labute approximate surface area is 247 Å². The van der Waals surface area contributed by atoms with Crippen LogP contribution in [0.4, 0.5) is 11.4 Å². The van der Waals surface area contributed by atoms with Gasteiger partial charge in [0, 0.05) is 17.1 Å². The van der Waals surface area contributed by atoms with Crippen molar-refractivity contribution in [2.75, 3.05) is 29.6 Å². The third kappa shape index (κ3) is 7.21. The Bertz CT molecular complexity index is 1540. The van der Waals surface area contributed by atoms with Gasteiger partial charge in [0.2, 0.25) is 5.91 Å². The van der Waals surface area contributed by atoms with Gasteiger partial charge in [0.25, 0.3) is 5.91 Å². The Balaban J connectivity index is 1.51. The molecule has 1 aromatic heterocycles. The largest absolute Gasteiger partial charge is 0.494 e. The molecule has 1 aliphatic heterocycles. The predicted octanol–water partition coefficient (Wildman–Crippen LogP) is 5.56. The highest BCUT2D eigenvalue weighted by Crippen LogP contribution is 2.41. The first kappa shape index (κ1) is 30.0. The molecule has 0 aliphatic carbocycles. The van der Waals surface area contributed by atoms with E-state index in [9.17, 15) is 19.6 Å². The Kier molecular flexibility index (Phi) is 10.1. The van der Waals surface area contributed by atoms with Crippen molar-refractivity contribution in [1.82, 2.24) is 5.32 Å². The van der Waals surface area contributed by atoms with Gasteiger partial charge < -0.3 is 29.8 Å². The Morgan fingerprint density at radius 1 is 1.00 bits per heavy atom. The molecule has 2 amide bonds. The lowest BCUT2D eigenvalue weighted by Crippen LogP contribution is -2.31. The second kappa shape index (κ2) is 14.1. The number of nitrogens with zero attached hydrogens (tertiary/aromatic N) is 1. The summed E-state index contributed by atoms with van der Waals surface area (Å²) < 4.78 is 16.1. The van der Waals surface area contributed by atoms with E-state index < -0.39 is 17.8 Å². The minimum absolute atomic E-state index is 0.0211. The van der Waals surface area contributed by atoms with E-state index in [0.717, 1.165) is 11.8 Å². The number of ether oxygens (including phenoxy) is 2. The number of nitriles is 1. The van der Waals surface area contributed by atoms with E-state index in [1.807, 2.05) is 6.92 Å². The summed E-state index contributed by atoms with van der Waals surface area (Å²) in [4.78, 5) is 38.2. The van der Waals surface area contributed by atoms with E-state index in [2.05, 4.69) is 22.0 Å². The number of amides is 2. The summed E-state index contributed by atoms with van der Waals surface area (Å²) in [7, 11) is 0. The van der Waals surface area contributed by atoms with E-state index in [4.69, 9.17) is 13.9 Å². The number of thioether (sulfide) groups is 1. The SMILES string of the molecule is CCOC(=O)c1ccc(NC(=O)C2=C(C)NC(SCC(=O)Nc3ccc(OCC)cc3)=C(C#N)C2c2ccco2)cc1. The van der Waals surface area contributed by atoms with Crippen LogP contribution >= 0.6 is 11.8 Å². The number of nitrogens with one attached hydrogen (secondary N) is 3. The normalized spacial score (nSPS) is 14.5. The van der Waals surface area contributed by atoms with Crippen LogP contribution in [0, 0.1) is 11.3 Å². The zero-order chi connectivity index (χ0) is 30.1. The van der Waals surface area contributed by atoms with Crippen molar-refractivity contribution in [1.29, 1.82) is 5.26 Å².